The van der Waals surface area contributed by atoms with Crippen molar-refractivity contribution in [3.05, 3.63) is 0 Å². The van der Waals surface area contributed by atoms with Gasteiger partial charge in [-0.3, -0.25) is 19.2 Å². The molecule has 1 saturated heterocycles. The molecule has 2 rings (SSSR count). The van der Waals surface area contributed by atoms with Crippen LogP contribution in [-0.4, -0.2) is 158 Å². The molecule has 0 spiro atoms. The molecule has 0 unspecified atom stereocenters. The van der Waals surface area contributed by atoms with Crippen molar-refractivity contribution in [3.8, 4) is 0 Å². The van der Waals surface area contributed by atoms with Gasteiger partial charge in [-0.15, -0.1) is 0 Å². The van der Waals surface area contributed by atoms with Crippen LogP contribution in [0, 0.1) is 0 Å². The van der Waals surface area contributed by atoms with Crippen LogP contribution in [0.3, 0.4) is 0 Å². The van der Waals surface area contributed by atoms with Gasteiger partial charge in [0.2, 0.25) is 17.8 Å². The first-order chi connectivity index (χ1) is 45.3. The van der Waals surface area contributed by atoms with Crippen molar-refractivity contribution in [1.29, 1.82) is 0 Å². The van der Waals surface area contributed by atoms with Crippen LogP contribution in [0.4, 0.5) is 17.8 Å². The highest BCUT2D eigenvalue weighted by molar-refractivity contribution is 5.71. The maximum absolute atomic E-state index is 13.0. The Labute approximate surface area is 563 Å². The van der Waals surface area contributed by atoms with E-state index in [4.69, 9.17) is 33.9 Å². The molecule has 0 amide bonds. The molecule has 0 bridgehead atoms. The number of aromatic nitrogens is 3. The molecule has 17 heteroatoms. The largest absolute Gasteiger partial charge is 0.466 e. The first-order valence-corrected chi connectivity index (χ1v) is 39.0. The van der Waals surface area contributed by atoms with Crippen molar-refractivity contribution in [2.24, 2.45) is 0 Å². The highest BCUT2D eigenvalue weighted by Gasteiger charge is 2.17. The molecule has 1 aliphatic rings. The molecule has 1 aromatic heterocycles. The van der Waals surface area contributed by atoms with E-state index in [2.05, 4.69) is 58.3 Å². The zero-order chi connectivity index (χ0) is 66.1. The summed E-state index contributed by atoms with van der Waals surface area (Å²) in [5.74, 6) is 0.628. The summed E-state index contributed by atoms with van der Waals surface area (Å²) in [6.07, 6.45) is 54.2. The predicted octanol–water partition coefficient (Wildman–Crippen LogP) is 18.0. The van der Waals surface area contributed by atoms with Crippen molar-refractivity contribution in [2.45, 2.75) is 336 Å². The highest BCUT2D eigenvalue weighted by Crippen LogP contribution is 2.17. The molecule has 536 valence electrons. The normalized spacial score (nSPS) is 12.5. The second-order valence-corrected chi connectivity index (χ2v) is 26.6. The monoisotopic (exact) mass is 1300 g/mol. The van der Waals surface area contributed by atoms with E-state index in [-0.39, 0.29) is 49.6 Å². The lowest BCUT2D eigenvalue weighted by Gasteiger charge is -2.22. The van der Waals surface area contributed by atoms with Gasteiger partial charge in [-0.25, -0.2) is 0 Å². The Kier molecular flexibility index (Phi) is 59.1. The number of ether oxygens (including phenoxy) is 4. The highest BCUT2D eigenvalue weighted by atomic mass is 16.5. The molecule has 0 aromatic carbocycles. The van der Waals surface area contributed by atoms with E-state index in [1.54, 1.807) is 0 Å². The molecule has 0 aliphatic carbocycles. The van der Waals surface area contributed by atoms with Crippen molar-refractivity contribution >= 4 is 41.7 Å². The fourth-order valence-electron chi connectivity index (χ4n) is 12.0. The van der Waals surface area contributed by atoms with E-state index in [0.717, 1.165) is 83.8 Å². The van der Waals surface area contributed by atoms with Gasteiger partial charge in [0, 0.05) is 52.4 Å². The van der Waals surface area contributed by atoms with Crippen LogP contribution >= 0.6 is 0 Å². The first kappa shape index (κ1) is 84.3. The number of unbranched alkanes of at least 4 members (excludes halogenated alkanes) is 36. The summed E-state index contributed by atoms with van der Waals surface area (Å²) in [5.41, 5.74) is 0. The fourth-order valence-corrected chi connectivity index (χ4v) is 12.0. The van der Waals surface area contributed by atoms with Gasteiger partial charge >= 0.3 is 23.9 Å². The summed E-state index contributed by atoms with van der Waals surface area (Å²) in [6.45, 7) is 19.1. The Bertz CT molecular complexity index is 1650. The number of likely N-dealkylation sites (tertiary alicyclic amines) is 1. The number of nitrogens with zero attached hydrogens (tertiary/aromatic N) is 6. The van der Waals surface area contributed by atoms with E-state index in [1.807, 2.05) is 0 Å². The fraction of sp³-hybridized carbons (Fsp3) is 0.907. The minimum atomic E-state index is -0.195. The van der Waals surface area contributed by atoms with Crippen LogP contribution in [0.5, 0.6) is 0 Å². The van der Waals surface area contributed by atoms with Crippen molar-refractivity contribution < 1.29 is 38.1 Å². The summed E-state index contributed by atoms with van der Waals surface area (Å²) in [7, 11) is 0. The van der Waals surface area contributed by atoms with Gasteiger partial charge in [0.15, 0.2) is 0 Å². The zero-order valence-corrected chi connectivity index (χ0v) is 60.2. The molecular formula is C75H143N9O8. The third kappa shape index (κ3) is 54.4. The van der Waals surface area contributed by atoms with E-state index in [1.165, 1.54) is 218 Å². The number of esters is 4. The maximum atomic E-state index is 13.0. The Morgan fingerprint density at radius 3 is 0.793 bits per heavy atom. The average Bonchev–Trinajstić information content (AvgIpc) is 1.94. The molecule has 0 atom stereocenters. The quantitative estimate of drug-likeness (QED) is 0.0317. The number of hydrogen-bond donors (Lipinski definition) is 3. The third-order valence-electron chi connectivity index (χ3n) is 18.0. The summed E-state index contributed by atoms with van der Waals surface area (Å²) in [6, 6.07) is 0. The number of hydrogen-bond acceptors (Lipinski definition) is 17. The Morgan fingerprint density at radius 2 is 0.543 bits per heavy atom. The summed E-state index contributed by atoms with van der Waals surface area (Å²) < 4.78 is 22.7. The molecule has 92 heavy (non-hydrogen) atoms. The lowest BCUT2D eigenvalue weighted by molar-refractivity contribution is -0.146. The van der Waals surface area contributed by atoms with Crippen molar-refractivity contribution in [2.75, 3.05) is 121 Å². The summed E-state index contributed by atoms with van der Waals surface area (Å²) >= 11 is 0. The number of nitrogens with one attached hydrogen (secondary N) is 3. The molecule has 1 aromatic rings. The number of carbonyl (C=O) groups is 4. The molecule has 2 heterocycles. The van der Waals surface area contributed by atoms with E-state index < -0.39 is 0 Å². The molecule has 1 fully saturated rings. The Hall–Kier alpha value is -3.83. The van der Waals surface area contributed by atoms with Crippen molar-refractivity contribution in [1.82, 2.24) is 29.7 Å². The second kappa shape index (κ2) is 64.5. The van der Waals surface area contributed by atoms with Gasteiger partial charge in [-0.1, -0.05) is 259 Å². The summed E-state index contributed by atoms with van der Waals surface area (Å²) in [5, 5.41) is 10.3. The molecule has 0 saturated carbocycles. The van der Waals surface area contributed by atoms with Crippen LogP contribution in [-0.2, 0) is 38.1 Å². The SMILES string of the molecule is CCCCCCCCCCCCOC(=O)CCN(CCCNc1nc(NCCCN(CCC(=O)OCCCCCCCCCCCC)CCC(=O)OCCCCCCCCCCCC)nc(NCCN2CCCC2)n1)CCC(=O)OCCCCCCCCCCCC. The molecule has 17 nitrogen and oxygen atoms in total. The maximum Gasteiger partial charge on any atom is 0.307 e. The van der Waals surface area contributed by atoms with Crippen LogP contribution in [0.15, 0.2) is 0 Å². The topological polar surface area (TPSA) is 190 Å². The second-order valence-electron chi connectivity index (χ2n) is 26.6. The summed E-state index contributed by atoms with van der Waals surface area (Å²) in [4.78, 5) is 73.2. The molecule has 0 radical (unpaired) electrons. The lowest BCUT2D eigenvalue weighted by Crippen LogP contribution is -2.32. The van der Waals surface area contributed by atoms with Crippen LogP contribution in [0.2, 0.25) is 0 Å². The van der Waals surface area contributed by atoms with Crippen LogP contribution in [0.1, 0.15) is 336 Å². The van der Waals surface area contributed by atoms with Gasteiger partial charge in [-0.05, 0) is 77.5 Å². The Morgan fingerprint density at radius 1 is 0.315 bits per heavy atom. The van der Waals surface area contributed by atoms with Crippen LogP contribution in [0.25, 0.3) is 0 Å². The number of anilines is 3. The zero-order valence-electron chi connectivity index (χ0n) is 60.2. The van der Waals surface area contributed by atoms with E-state index in [9.17, 15) is 19.2 Å². The van der Waals surface area contributed by atoms with Gasteiger partial charge < -0.3 is 49.6 Å². The van der Waals surface area contributed by atoms with Gasteiger partial charge in [0.05, 0.1) is 52.1 Å². The van der Waals surface area contributed by atoms with E-state index >= 15 is 0 Å². The average molecular weight is 1300 g/mol. The van der Waals surface area contributed by atoms with E-state index in [0.29, 0.717) is 103 Å². The van der Waals surface area contributed by atoms with Crippen LogP contribution < -0.4 is 16.0 Å². The molecular weight excluding hydrogens is 1150 g/mol. The smallest absolute Gasteiger partial charge is 0.307 e. The minimum Gasteiger partial charge on any atom is -0.466 e. The van der Waals surface area contributed by atoms with Gasteiger partial charge in [0.25, 0.3) is 0 Å². The molecule has 1 aliphatic heterocycles. The Balaban J connectivity index is 2.01. The minimum absolute atomic E-state index is 0.195. The third-order valence-corrected chi connectivity index (χ3v) is 18.0. The van der Waals surface area contributed by atoms with Gasteiger partial charge in [-0.2, -0.15) is 15.0 Å². The van der Waals surface area contributed by atoms with Gasteiger partial charge in [0.1, 0.15) is 0 Å². The number of carbonyl (C=O) groups excluding carboxylic acids is 4. The van der Waals surface area contributed by atoms with Crippen molar-refractivity contribution in [3.63, 3.8) is 0 Å². The standard InChI is InChI=1S/C75H143N9O8/c1-5-9-13-17-21-25-29-33-37-43-65-89-69(85)49-60-83(61-50-70(86)90-66-44-38-34-30-26-22-18-14-10-6-2)58-47-53-76-73-79-74(81-75(80-73)78-55-64-82-56-41-42-57-82)77-54-48-59-84(62-51-71(87)91-67-45-39-35-31-27-23-19-15-11-7-3)63-52-72(88)92-68-46-40-36-32-28-24-20-16-12-8-4/h5-68H2,1-4H3,(H3,76,77,78,79,80,81). The molecule has 3 N–H and O–H groups in total. The first-order valence-electron chi connectivity index (χ1n) is 39.0. The number of rotatable bonds is 70. The lowest BCUT2D eigenvalue weighted by atomic mass is 10.1. The predicted molar refractivity (Wildman–Crippen MR) is 383 cm³/mol.